The molecule has 0 amide bonds. The molecule has 2 unspecified atom stereocenters. The first kappa shape index (κ1) is 21.2. The van der Waals surface area contributed by atoms with E-state index < -0.39 is 22.4 Å². The van der Waals surface area contributed by atoms with Crippen LogP contribution in [0, 0.1) is 13.8 Å². The molecule has 1 aromatic heterocycles. The number of nitrogens with zero attached hydrogens (tertiary/aromatic N) is 3. The van der Waals surface area contributed by atoms with Crippen molar-refractivity contribution in [3.8, 4) is 0 Å². The Morgan fingerprint density at radius 1 is 0.871 bits per heavy atom. The van der Waals surface area contributed by atoms with Gasteiger partial charge in [-0.05, 0) is 43.7 Å². The fourth-order valence-corrected chi connectivity index (χ4v) is 4.41. The van der Waals surface area contributed by atoms with Crippen molar-refractivity contribution in [2.75, 3.05) is 7.11 Å². The molecule has 8 heteroatoms. The second-order valence-electron chi connectivity index (χ2n) is 7.34. The first-order chi connectivity index (χ1) is 14.9. The molecule has 0 aliphatic rings. The molecule has 0 saturated heterocycles. The molecule has 4 aromatic rings. The van der Waals surface area contributed by atoms with Crippen molar-refractivity contribution in [2.24, 2.45) is 0 Å². The van der Waals surface area contributed by atoms with E-state index in [1.165, 1.54) is 19.2 Å². The maximum atomic E-state index is 13.1. The van der Waals surface area contributed by atoms with Gasteiger partial charge in [0.25, 0.3) is 10.1 Å². The molecule has 3 aromatic carbocycles. The van der Waals surface area contributed by atoms with Gasteiger partial charge in [0, 0.05) is 7.11 Å². The number of para-hydroxylation sites is 1. The number of methoxy groups -OCH3 is 1. The van der Waals surface area contributed by atoms with Crippen molar-refractivity contribution in [1.82, 2.24) is 15.0 Å². The summed E-state index contributed by atoms with van der Waals surface area (Å²) in [4.78, 5) is 0.0773. The maximum absolute atomic E-state index is 13.1. The molecule has 160 valence electrons. The van der Waals surface area contributed by atoms with Crippen LogP contribution in [0.4, 0.5) is 0 Å². The lowest BCUT2D eigenvalue weighted by Crippen LogP contribution is -2.25. The minimum Gasteiger partial charge on any atom is -0.356 e. The van der Waals surface area contributed by atoms with Gasteiger partial charge in [0.2, 0.25) is 0 Å². The summed E-state index contributed by atoms with van der Waals surface area (Å²) in [6.45, 7) is 3.85. The summed E-state index contributed by atoms with van der Waals surface area (Å²) in [5.41, 5.74) is 4.03. The van der Waals surface area contributed by atoms with E-state index in [1.807, 2.05) is 62.4 Å². The lowest BCUT2D eigenvalue weighted by atomic mass is 10.1. The van der Waals surface area contributed by atoms with Gasteiger partial charge < -0.3 is 4.74 Å². The monoisotopic (exact) mass is 437 g/mol. The highest BCUT2D eigenvalue weighted by molar-refractivity contribution is 7.86. The average Bonchev–Trinajstić information content (AvgIpc) is 3.18. The fourth-order valence-electron chi connectivity index (χ4n) is 3.35. The molecule has 0 fully saturated rings. The van der Waals surface area contributed by atoms with Crippen LogP contribution in [0.3, 0.4) is 0 Å². The van der Waals surface area contributed by atoms with E-state index in [2.05, 4.69) is 10.3 Å². The minimum atomic E-state index is -4.08. The largest absolute Gasteiger partial charge is 0.356 e. The van der Waals surface area contributed by atoms with Crippen molar-refractivity contribution in [1.29, 1.82) is 0 Å². The number of hydrogen-bond donors (Lipinski definition) is 0. The van der Waals surface area contributed by atoms with Crippen LogP contribution in [0.2, 0.25) is 0 Å². The van der Waals surface area contributed by atoms with Gasteiger partial charge in [-0.25, -0.2) is 4.68 Å². The molecule has 31 heavy (non-hydrogen) atoms. The van der Waals surface area contributed by atoms with E-state index in [1.54, 1.807) is 16.8 Å². The highest BCUT2D eigenvalue weighted by Crippen LogP contribution is 2.35. The predicted octanol–water partition coefficient (Wildman–Crippen LogP) is 4.34. The Morgan fingerprint density at radius 2 is 1.48 bits per heavy atom. The summed E-state index contributed by atoms with van der Waals surface area (Å²) in [6.07, 6.45) is -1.85. The van der Waals surface area contributed by atoms with Gasteiger partial charge in [-0.1, -0.05) is 64.9 Å². The van der Waals surface area contributed by atoms with Crippen LogP contribution in [-0.4, -0.2) is 30.5 Å². The Kier molecular flexibility index (Phi) is 5.86. The van der Waals surface area contributed by atoms with Crippen LogP contribution in [-0.2, 0) is 19.0 Å². The Labute approximate surface area is 181 Å². The van der Waals surface area contributed by atoms with E-state index in [0.717, 1.165) is 11.1 Å². The summed E-state index contributed by atoms with van der Waals surface area (Å²) in [7, 11) is -2.59. The number of fused-ring (bicyclic) bond motifs is 1. The number of benzene rings is 3. The van der Waals surface area contributed by atoms with Crippen molar-refractivity contribution < 1.29 is 17.3 Å². The summed E-state index contributed by atoms with van der Waals surface area (Å²) < 4.78 is 39.3. The molecule has 0 radical (unpaired) electrons. The Balaban J connectivity index is 1.80. The summed E-state index contributed by atoms with van der Waals surface area (Å²) in [6, 6.07) is 21.4. The number of ether oxygens (including phenoxy) is 1. The topological polar surface area (TPSA) is 83.3 Å². The van der Waals surface area contributed by atoms with Crippen molar-refractivity contribution in [3.63, 3.8) is 0 Å². The van der Waals surface area contributed by atoms with Gasteiger partial charge >= 0.3 is 0 Å². The number of aromatic nitrogens is 3. The fraction of sp³-hybridized carbons (Fsp3) is 0.217. The first-order valence-electron chi connectivity index (χ1n) is 9.78. The third-order valence-corrected chi connectivity index (χ3v) is 6.38. The highest BCUT2D eigenvalue weighted by Gasteiger charge is 2.33. The van der Waals surface area contributed by atoms with Gasteiger partial charge in [0.05, 0.1) is 10.4 Å². The van der Waals surface area contributed by atoms with Gasteiger partial charge in [-0.15, -0.1) is 5.10 Å². The van der Waals surface area contributed by atoms with Crippen molar-refractivity contribution in [3.05, 3.63) is 89.5 Å². The molecule has 0 bridgehead atoms. The molecule has 7 nitrogen and oxygen atoms in total. The SMILES string of the molecule is COC(C(OS(=O)(=O)c1ccc(C)cc1)c1ccc(C)cc1)n1nnc2ccccc21. The van der Waals surface area contributed by atoms with Gasteiger partial charge in [0.15, 0.2) is 6.23 Å². The first-order valence-corrected chi connectivity index (χ1v) is 11.2. The van der Waals surface area contributed by atoms with E-state index in [-0.39, 0.29) is 4.90 Å². The molecule has 0 aliphatic carbocycles. The Bertz CT molecular complexity index is 1280. The third-order valence-electron chi connectivity index (χ3n) is 5.06. The third kappa shape index (κ3) is 4.36. The van der Waals surface area contributed by atoms with Gasteiger partial charge in [0.1, 0.15) is 11.6 Å². The Morgan fingerprint density at radius 3 is 2.13 bits per heavy atom. The average molecular weight is 438 g/mol. The lowest BCUT2D eigenvalue weighted by molar-refractivity contribution is -0.0510. The van der Waals surface area contributed by atoms with Crippen molar-refractivity contribution >= 4 is 21.2 Å². The molecular formula is C23H23N3O4S. The summed E-state index contributed by atoms with van der Waals surface area (Å²) in [5, 5.41) is 8.38. The van der Waals surface area contributed by atoms with Gasteiger partial charge in [-0.2, -0.15) is 8.42 Å². The van der Waals surface area contributed by atoms with Crippen LogP contribution in [0.1, 0.15) is 29.0 Å². The van der Waals surface area contributed by atoms with E-state index >= 15 is 0 Å². The quantitative estimate of drug-likeness (QED) is 0.400. The zero-order valence-corrected chi connectivity index (χ0v) is 18.3. The van der Waals surface area contributed by atoms with Crippen LogP contribution < -0.4 is 0 Å². The minimum absolute atomic E-state index is 0.0773. The zero-order valence-electron chi connectivity index (χ0n) is 17.5. The molecule has 0 aliphatic heterocycles. The van der Waals surface area contributed by atoms with E-state index in [0.29, 0.717) is 16.6 Å². The van der Waals surface area contributed by atoms with Crippen LogP contribution in [0.25, 0.3) is 11.0 Å². The maximum Gasteiger partial charge on any atom is 0.297 e. The zero-order chi connectivity index (χ0) is 22.0. The van der Waals surface area contributed by atoms with Gasteiger partial charge in [-0.3, -0.25) is 4.18 Å². The Hall–Kier alpha value is -3.07. The summed E-state index contributed by atoms with van der Waals surface area (Å²) >= 11 is 0. The van der Waals surface area contributed by atoms with Crippen LogP contribution in [0.15, 0.2) is 77.7 Å². The second-order valence-corrected chi connectivity index (χ2v) is 8.92. The van der Waals surface area contributed by atoms with Crippen molar-refractivity contribution in [2.45, 2.75) is 31.1 Å². The molecule has 4 rings (SSSR count). The normalized spacial score (nSPS) is 13.9. The number of rotatable bonds is 7. The standard InChI is InChI=1S/C23H23N3O4S/c1-16-8-12-18(13-9-16)22(30-31(27,28)19-14-10-17(2)11-15-19)23(29-3)26-21-7-5-4-6-20(21)24-25-26/h4-15,22-23H,1-3H3. The summed E-state index contributed by atoms with van der Waals surface area (Å²) in [5.74, 6) is 0. The smallest absolute Gasteiger partial charge is 0.297 e. The molecule has 0 spiro atoms. The molecule has 0 N–H and O–H groups in total. The second kappa shape index (κ2) is 8.58. The van der Waals surface area contributed by atoms with Crippen LogP contribution in [0.5, 0.6) is 0 Å². The van der Waals surface area contributed by atoms with E-state index in [4.69, 9.17) is 8.92 Å². The predicted molar refractivity (Wildman–Crippen MR) is 117 cm³/mol. The highest BCUT2D eigenvalue weighted by atomic mass is 32.2. The molecule has 2 atom stereocenters. The number of hydrogen-bond acceptors (Lipinski definition) is 6. The van der Waals surface area contributed by atoms with Crippen LogP contribution >= 0.6 is 0 Å². The molecular weight excluding hydrogens is 414 g/mol. The lowest BCUT2D eigenvalue weighted by Gasteiger charge is -2.26. The molecule has 1 heterocycles. The van der Waals surface area contributed by atoms with E-state index in [9.17, 15) is 8.42 Å². The molecule has 0 saturated carbocycles. The number of aryl methyl sites for hydroxylation is 2.